The number of H-pyrrole nitrogens is 1. The highest BCUT2D eigenvalue weighted by atomic mass is 16.5. The number of fused-ring (bicyclic) bond motifs is 2. The summed E-state index contributed by atoms with van der Waals surface area (Å²) >= 11 is 0. The molecule has 2 N–H and O–H groups in total. The summed E-state index contributed by atoms with van der Waals surface area (Å²) in [7, 11) is 2.10. The lowest BCUT2D eigenvalue weighted by Gasteiger charge is -2.50. The number of ether oxygens (including phenoxy) is 1. The van der Waals surface area contributed by atoms with Crippen molar-refractivity contribution in [2.24, 2.45) is 17.8 Å². The van der Waals surface area contributed by atoms with Gasteiger partial charge in [-0.3, -0.25) is 9.89 Å². The third kappa shape index (κ3) is 2.53. The van der Waals surface area contributed by atoms with Crippen molar-refractivity contribution in [2.45, 2.75) is 57.2 Å². The van der Waals surface area contributed by atoms with E-state index in [1.807, 2.05) is 0 Å². The molecule has 0 spiro atoms. The van der Waals surface area contributed by atoms with E-state index in [1.165, 1.54) is 25.7 Å². The monoisotopic (exact) mass is 344 g/mol. The molecule has 4 atom stereocenters. The quantitative estimate of drug-likeness (QED) is 0.876. The standard InChI is InChI=1S/C19H28N4O2/c1-23-8-6-14-13(10-23)17(22-21-14)19(24)20-16-12-7-9-25-18(12)15(16)11-4-2-3-5-11/h11-12,15-16,18H,2-10H2,1H3,(H,20,24)(H,21,22)/t12-,15+,16-,18-/m0/s1. The van der Waals surface area contributed by atoms with Gasteiger partial charge in [0.15, 0.2) is 5.69 Å². The molecule has 0 unspecified atom stereocenters. The van der Waals surface area contributed by atoms with E-state index in [0.29, 0.717) is 23.6 Å². The van der Waals surface area contributed by atoms with Gasteiger partial charge >= 0.3 is 0 Å². The highest BCUT2D eigenvalue weighted by molar-refractivity contribution is 5.94. The predicted molar refractivity (Wildman–Crippen MR) is 93.2 cm³/mol. The van der Waals surface area contributed by atoms with Crippen molar-refractivity contribution < 1.29 is 9.53 Å². The van der Waals surface area contributed by atoms with E-state index in [9.17, 15) is 4.79 Å². The fourth-order valence-corrected chi connectivity index (χ4v) is 5.70. The van der Waals surface area contributed by atoms with Crippen LogP contribution < -0.4 is 5.32 Å². The fraction of sp³-hybridized carbons (Fsp3) is 0.789. The van der Waals surface area contributed by atoms with Crippen molar-refractivity contribution in [1.29, 1.82) is 0 Å². The minimum atomic E-state index is 0.00569. The zero-order valence-corrected chi connectivity index (χ0v) is 15.0. The van der Waals surface area contributed by atoms with Crippen LogP contribution >= 0.6 is 0 Å². The van der Waals surface area contributed by atoms with Crippen LogP contribution in [0.3, 0.4) is 0 Å². The molecule has 0 radical (unpaired) electrons. The first-order valence-corrected chi connectivity index (χ1v) is 9.89. The molecule has 3 fully saturated rings. The number of carbonyl (C=O) groups is 1. The molecule has 2 aliphatic carbocycles. The van der Waals surface area contributed by atoms with Crippen LogP contribution in [0.1, 0.15) is 53.8 Å². The maximum Gasteiger partial charge on any atom is 0.272 e. The molecular formula is C19H28N4O2. The Morgan fingerprint density at radius 2 is 2.16 bits per heavy atom. The Labute approximate surface area is 148 Å². The maximum absolute atomic E-state index is 13.0. The zero-order valence-electron chi connectivity index (χ0n) is 15.0. The number of amides is 1. The van der Waals surface area contributed by atoms with Gasteiger partial charge in [0, 0.05) is 55.3 Å². The number of hydrogen-bond acceptors (Lipinski definition) is 4. The fourth-order valence-electron chi connectivity index (χ4n) is 5.70. The molecule has 3 heterocycles. The highest BCUT2D eigenvalue weighted by Crippen LogP contribution is 2.51. The van der Waals surface area contributed by atoms with Crippen LogP contribution in [-0.4, -0.2) is 53.3 Å². The summed E-state index contributed by atoms with van der Waals surface area (Å²) in [6.45, 7) is 2.68. The second-order valence-electron chi connectivity index (χ2n) is 8.43. The molecule has 0 bridgehead atoms. The van der Waals surface area contributed by atoms with Gasteiger partial charge in [0.05, 0.1) is 6.10 Å². The lowest BCUT2D eigenvalue weighted by molar-refractivity contribution is -0.0784. The second-order valence-corrected chi connectivity index (χ2v) is 8.43. The number of likely N-dealkylation sites (N-methyl/N-ethyl adjacent to an activating group) is 1. The van der Waals surface area contributed by atoms with E-state index in [0.717, 1.165) is 49.7 Å². The average Bonchev–Trinajstić information content (AvgIpc) is 3.32. The van der Waals surface area contributed by atoms with E-state index in [-0.39, 0.29) is 11.9 Å². The molecule has 1 saturated heterocycles. The van der Waals surface area contributed by atoms with Crippen LogP contribution in [0.25, 0.3) is 0 Å². The van der Waals surface area contributed by atoms with Crippen molar-refractivity contribution >= 4 is 5.91 Å². The van der Waals surface area contributed by atoms with E-state index in [2.05, 4.69) is 27.5 Å². The summed E-state index contributed by atoms with van der Waals surface area (Å²) in [5, 5.41) is 10.8. The summed E-state index contributed by atoms with van der Waals surface area (Å²) in [5.74, 6) is 1.75. The molecule has 1 amide bonds. The maximum atomic E-state index is 13.0. The predicted octanol–water partition coefficient (Wildman–Crippen LogP) is 1.72. The van der Waals surface area contributed by atoms with Gasteiger partial charge in [-0.2, -0.15) is 5.10 Å². The van der Waals surface area contributed by atoms with Crippen molar-refractivity contribution in [3.8, 4) is 0 Å². The minimum absolute atomic E-state index is 0.00569. The molecule has 4 aliphatic rings. The van der Waals surface area contributed by atoms with Crippen molar-refractivity contribution in [2.75, 3.05) is 20.2 Å². The van der Waals surface area contributed by atoms with E-state index in [1.54, 1.807) is 0 Å². The van der Waals surface area contributed by atoms with Crippen molar-refractivity contribution in [3.05, 3.63) is 17.0 Å². The topological polar surface area (TPSA) is 70.2 Å². The number of hydrogen-bond donors (Lipinski definition) is 2. The second kappa shape index (κ2) is 6.09. The summed E-state index contributed by atoms with van der Waals surface area (Å²) in [6.07, 6.45) is 7.67. The molecule has 1 aromatic heterocycles. The Hall–Kier alpha value is -1.40. The third-order valence-electron chi connectivity index (χ3n) is 7.02. The first kappa shape index (κ1) is 15.8. The van der Waals surface area contributed by atoms with Crippen molar-refractivity contribution in [1.82, 2.24) is 20.4 Å². The largest absolute Gasteiger partial charge is 0.377 e. The lowest BCUT2D eigenvalue weighted by Crippen LogP contribution is -2.63. The molecule has 6 heteroatoms. The van der Waals surface area contributed by atoms with Crippen LogP contribution in [-0.2, 0) is 17.7 Å². The first-order valence-electron chi connectivity index (χ1n) is 9.89. The molecular weight excluding hydrogens is 316 g/mol. The van der Waals surface area contributed by atoms with Gasteiger partial charge in [0.25, 0.3) is 5.91 Å². The van der Waals surface area contributed by atoms with Gasteiger partial charge in [-0.1, -0.05) is 25.7 Å². The number of nitrogens with one attached hydrogen (secondary N) is 2. The Balaban J connectivity index is 1.34. The zero-order chi connectivity index (χ0) is 17.0. The average molecular weight is 344 g/mol. The number of aromatic amines is 1. The van der Waals surface area contributed by atoms with E-state index in [4.69, 9.17) is 4.74 Å². The van der Waals surface area contributed by atoms with E-state index < -0.39 is 0 Å². The Morgan fingerprint density at radius 1 is 1.32 bits per heavy atom. The van der Waals surface area contributed by atoms with Crippen LogP contribution in [0.15, 0.2) is 0 Å². The summed E-state index contributed by atoms with van der Waals surface area (Å²) < 4.78 is 6.00. The van der Waals surface area contributed by atoms with Crippen LogP contribution in [0.2, 0.25) is 0 Å². The molecule has 6 nitrogen and oxygen atoms in total. The smallest absolute Gasteiger partial charge is 0.272 e. The Bertz CT molecular complexity index is 662. The molecule has 136 valence electrons. The molecule has 0 aromatic carbocycles. The SMILES string of the molecule is CN1CCc2[nH]nc(C(=O)N[C@H]3[C@@H]4CCO[C@@H]4[C@@H]3C3CCCC3)c2C1. The molecule has 2 aliphatic heterocycles. The van der Waals surface area contributed by atoms with Crippen molar-refractivity contribution in [3.63, 3.8) is 0 Å². The Morgan fingerprint density at radius 3 is 3.00 bits per heavy atom. The van der Waals surface area contributed by atoms with Crippen LogP contribution in [0, 0.1) is 17.8 Å². The first-order chi connectivity index (χ1) is 12.2. The number of nitrogens with zero attached hydrogens (tertiary/aromatic N) is 2. The number of carbonyl (C=O) groups excluding carboxylic acids is 1. The highest BCUT2D eigenvalue weighted by Gasteiger charge is 2.57. The minimum Gasteiger partial charge on any atom is -0.377 e. The molecule has 25 heavy (non-hydrogen) atoms. The molecule has 5 rings (SSSR count). The van der Waals surface area contributed by atoms with Gasteiger partial charge in [-0.05, 0) is 19.4 Å². The number of rotatable bonds is 3. The lowest BCUT2D eigenvalue weighted by atomic mass is 9.61. The van der Waals surface area contributed by atoms with Gasteiger partial charge in [0.2, 0.25) is 0 Å². The van der Waals surface area contributed by atoms with E-state index >= 15 is 0 Å². The normalized spacial score (nSPS) is 35.2. The van der Waals surface area contributed by atoms with Gasteiger partial charge in [0.1, 0.15) is 0 Å². The molecule has 1 aromatic rings. The van der Waals surface area contributed by atoms with Gasteiger partial charge in [-0.25, -0.2) is 0 Å². The third-order valence-corrected chi connectivity index (χ3v) is 7.02. The number of aromatic nitrogens is 2. The summed E-state index contributed by atoms with van der Waals surface area (Å²) in [5.41, 5.74) is 2.82. The van der Waals surface area contributed by atoms with Gasteiger partial charge in [-0.15, -0.1) is 0 Å². The summed E-state index contributed by atoms with van der Waals surface area (Å²) in [4.78, 5) is 15.2. The van der Waals surface area contributed by atoms with Crippen LogP contribution in [0.5, 0.6) is 0 Å². The van der Waals surface area contributed by atoms with Crippen LogP contribution in [0.4, 0.5) is 0 Å². The molecule has 2 saturated carbocycles. The van der Waals surface area contributed by atoms with Gasteiger partial charge < -0.3 is 15.0 Å². The Kier molecular flexibility index (Phi) is 3.86. The summed E-state index contributed by atoms with van der Waals surface area (Å²) in [6, 6.07) is 0.275.